The van der Waals surface area contributed by atoms with Crippen molar-refractivity contribution in [3.05, 3.63) is 135 Å². The molecule has 0 unspecified atom stereocenters. The molecular weight excluding hydrogens is 1510 g/mol. The fraction of sp³-hybridized carbons (Fsp3) is 0.341. The van der Waals surface area contributed by atoms with Crippen LogP contribution in [0.3, 0.4) is 0 Å². The van der Waals surface area contributed by atoms with Gasteiger partial charge in [0.1, 0.15) is 40.2 Å². The summed E-state index contributed by atoms with van der Waals surface area (Å²) in [5.41, 5.74) is 2.92. The zero-order valence-corrected chi connectivity index (χ0v) is 56.1. The Hall–Kier alpha value is -4.92. The van der Waals surface area contributed by atoms with Gasteiger partial charge >= 0.3 is 41.1 Å². The van der Waals surface area contributed by atoms with E-state index in [2.05, 4.69) is 126 Å². The van der Waals surface area contributed by atoms with E-state index in [1.165, 1.54) is 64.6 Å². The maximum Gasteiger partial charge on any atom is 1.00 e. The second kappa shape index (κ2) is 33.3. The van der Waals surface area contributed by atoms with Crippen molar-refractivity contribution in [3.8, 4) is 34.4 Å². The number of oxime groups is 1. The third-order valence-corrected chi connectivity index (χ3v) is 17.5. The van der Waals surface area contributed by atoms with Crippen molar-refractivity contribution in [2.75, 3.05) is 50.4 Å². The first-order valence-electron chi connectivity index (χ1n) is 23.1. The van der Waals surface area contributed by atoms with Gasteiger partial charge in [-0.15, -0.1) is 0 Å². The Kier molecular flexibility index (Phi) is 29.0. The Bertz CT molecular complexity index is 3980. The maximum absolute atomic E-state index is 13.5. The quantitative estimate of drug-likeness (QED) is 0.0261. The number of sulfonamides is 3. The van der Waals surface area contributed by atoms with E-state index in [4.69, 9.17) is 18.9 Å². The normalized spacial score (nSPS) is 11.7. The third-order valence-electron chi connectivity index (χ3n) is 11.0. The van der Waals surface area contributed by atoms with Crippen LogP contribution in [0, 0.1) is 17.5 Å². The number of nitrogens with two attached hydrogens (primary N) is 1. The van der Waals surface area contributed by atoms with Gasteiger partial charge in [-0.3, -0.25) is 9.05 Å². The van der Waals surface area contributed by atoms with Gasteiger partial charge in [-0.1, -0.05) is 59.6 Å². The molecule has 8 rings (SSSR count). The summed E-state index contributed by atoms with van der Waals surface area (Å²) in [6, 6.07) is 12.2. The largest absolute Gasteiger partial charge is 1.00 e. The van der Waals surface area contributed by atoms with E-state index in [0.717, 1.165) is 23.8 Å². The minimum atomic E-state index is -3.62. The van der Waals surface area contributed by atoms with Crippen LogP contribution in [0.1, 0.15) is 47.6 Å². The van der Waals surface area contributed by atoms with Crippen LogP contribution < -0.4 is 46.2 Å². The van der Waals surface area contributed by atoms with E-state index in [0.29, 0.717) is 33.5 Å². The zero-order valence-electron chi connectivity index (χ0n) is 44.7. The van der Waals surface area contributed by atoms with Crippen LogP contribution in [-0.2, 0) is 55.8 Å². The molecule has 0 fully saturated rings. The van der Waals surface area contributed by atoms with Gasteiger partial charge in [0.05, 0.1) is 42.1 Å². The molecule has 0 spiro atoms. The van der Waals surface area contributed by atoms with E-state index in [1.54, 1.807) is 12.1 Å². The van der Waals surface area contributed by atoms with Crippen LogP contribution >= 0.6 is 70.4 Å². The second-order valence-corrected chi connectivity index (χ2v) is 25.8. The summed E-state index contributed by atoms with van der Waals surface area (Å²) in [6.07, 6.45) is 1.59. The fourth-order valence-electron chi connectivity index (χ4n) is 6.83. The van der Waals surface area contributed by atoms with Gasteiger partial charge in [-0.25, -0.2) is 84.8 Å². The Morgan fingerprint density at radius 3 is 1.38 bits per heavy atom. The molecule has 29 nitrogen and oxygen atoms in total. The molecule has 84 heavy (non-hydrogen) atoms. The van der Waals surface area contributed by atoms with Crippen molar-refractivity contribution in [2.24, 2.45) is 10.3 Å². The molecule has 5 heterocycles. The number of alkyl halides is 1. The van der Waals surface area contributed by atoms with Gasteiger partial charge in [0.25, 0.3) is 0 Å². The molecular formula is C44H48Br3F3IN14NaO15S3. The first kappa shape index (κ1) is 73.3. The first-order chi connectivity index (χ1) is 38.7. The molecule has 0 saturated heterocycles. The van der Waals surface area contributed by atoms with E-state index in [-0.39, 0.29) is 146 Å². The molecule has 5 aromatic heterocycles. The molecule has 0 saturated carbocycles. The molecule has 8 aromatic rings. The summed E-state index contributed by atoms with van der Waals surface area (Å²) in [6.45, 7) is 0. The van der Waals surface area contributed by atoms with Crippen LogP contribution in [0.2, 0.25) is 0 Å². The fourth-order valence-corrected chi connectivity index (χ4v) is 10.3. The average Bonchev–Trinajstić information content (AvgIpc) is 4.51. The minimum Gasteiger partial charge on any atom is -0.870 e. The van der Waals surface area contributed by atoms with Crippen LogP contribution in [0.15, 0.2) is 106 Å². The summed E-state index contributed by atoms with van der Waals surface area (Å²) in [7, 11) is -4.45. The summed E-state index contributed by atoms with van der Waals surface area (Å²) in [5, 5.41) is 47.4. The van der Waals surface area contributed by atoms with E-state index in [9.17, 15) is 53.2 Å². The smallest absolute Gasteiger partial charge is 0.870 e. The summed E-state index contributed by atoms with van der Waals surface area (Å²) >= 11 is 11.4. The Labute approximate surface area is 536 Å². The van der Waals surface area contributed by atoms with Gasteiger partial charge in [-0.2, -0.15) is 0 Å². The van der Waals surface area contributed by atoms with Crippen molar-refractivity contribution in [1.29, 1.82) is 0 Å². The topological polar surface area (TPSA) is 410 Å². The first-order valence-corrected chi connectivity index (χ1v) is 32.6. The van der Waals surface area contributed by atoms with Gasteiger partial charge in [0.2, 0.25) is 41.7 Å². The Morgan fingerprint density at radius 1 is 0.607 bits per heavy atom. The minimum absolute atomic E-state index is 0. The summed E-state index contributed by atoms with van der Waals surface area (Å²) in [5.74, 6) is -3.44. The van der Waals surface area contributed by atoms with Crippen LogP contribution in [0.4, 0.5) is 13.2 Å². The SMILES string of the molecule is CI.CN(C)S(=O)(=O)CCCc1nonc1-c1noc(=O)n1-c1ccc(F)c(Br)c1.CN(C)S(=O)(=O)CCCc1nonc1/C(Cc1ccc(F)c(Br)c1)=N/O.NS(=O)(=O)CCCc1nonc1-c1noc(=O)n1-c1ccc(F)c(Br)c1.[Na+].[OH-]. The van der Waals surface area contributed by atoms with Crippen LogP contribution in [0.5, 0.6) is 0 Å². The third kappa shape index (κ3) is 20.1. The van der Waals surface area contributed by atoms with Crippen molar-refractivity contribution in [3.63, 3.8) is 0 Å². The molecule has 0 amide bonds. The molecule has 0 bridgehead atoms. The second-order valence-electron chi connectivity index (χ2n) is 16.9. The van der Waals surface area contributed by atoms with Crippen LogP contribution in [-0.4, -0.2) is 151 Å². The molecule has 0 aliphatic carbocycles. The van der Waals surface area contributed by atoms with Crippen LogP contribution in [0.25, 0.3) is 34.4 Å². The maximum atomic E-state index is 13.5. The molecule has 4 N–H and O–H groups in total. The summed E-state index contributed by atoms with van der Waals surface area (Å²) in [4.78, 5) is 26.1. The van der Waals surface area contributed by atoms with Gasteiger partial charge in [0.15, 0.2) is 17.1 Å². The monoisotopic (exact) mass is 1550 g/mol. The standard InChI is InChI=1S/C15H15BrFN5O5S.C15H18BrFN4O4S.C13H11BrFN5O5S.CH3I.Na.H2O/c1-21(2)28(24,25)7-3-4-12-13(19-27-18-12)14-20-26-15(23)22(14)9-5-6-11(17)10(16)8-9;1-21(2)26(23,24)7-3-4-13-15(20-25-19-13)14(18-22)9-10-5-6-12(17)11(16)8-10;14-8-6-7(3-4-9(8)15)20-12(19-24-13(20)21)11-10(17-25-18-11)2-1-5-26(16,22)23;1-2;;/h5-6,8H,3-4,7H2,1-2H3;5-6,8,22H,3-4,7,9H2,1-2H3;3-4,6H,1-2,5H2,(H2,16,22,23);1H3;;1H2/q;;;;+1;/p-1/b;18-14+;;;;. The number of aromatic nitrogens is 10. The van der Waals surface area contributed by atoms with E-state index in [1.807, 2.05) is 4.93 Å². The van der Waals surface area contributed by atoms with E-state index < -0.39 is 59.0 Å². The average molecular weight is 1560 g/mol. The number of rotatable bonds is 21. The Balaban J connectivity index is 0.000000322. The Morgan fingerprint density at radius 2 is 0.988 bits per heavy atom. The zero-order chi connectivity index (χ0) is 60.7. The van der Waals surface area contributed by atoms with Crippen molar-refractivity contribution >= 4 is 106 Å². The van der Waals surface area contributed by atoms with Crippen molar-refractivity contribution in [1.82, 2.24) is 59.0 Å². The number of primary sulfonamides is 1. The predicted molar refractivity (Wildman–Crippen MR) is 306 cm³/mol. The van der Waals surface area contributed by atoms with Crippen molar-refractivity contribution in [2.45, 2.75) is 44.9 Å². The number of benzene rings is 3. The predicted octanol–water partition coefficient (Wildman–Crippen LogP) is 2.69. The van der Waals surface area contributed by atoms with Gasteiger partial charge in [-0.05, 0) is 161 Å². The molecule has 0 aliphatic rings. The van der Waals surface area contributed by atoms with Gasteiger partial charge in [0, 0.05) is 34.6 Å². The number of halogens is 7. The number of hydrogen-bond donors (Lipinski definition) is 2. The van der Waals surface area contributed by atoms with E-state index >= 15 is 0 Å². The summed E-state index contributed by atoms with van der Waals surface area (Å²) < 4.78 is 138. The molecule has 0 aliphatic heterocycles. The number of nitrogens with zero attached hydrogens (tertiary/aromatic N) is 13. The molecule has 40 heteroatoms. The van der Waals surface area contributed by atoms with Gasteiger partial charge < -0.3 is 10.7 Å². The molecule has 452 valence electrons. The number of aryl methyl sites for hydroxylation is 3. The number of hydrogen-bond acceptors (Lipinski definition) is 24. The molecule has 3 aromatic carbocycles. The molecule has 0 radical (unpaired) electrons. The molecule has 0 atom stereocenters. The van der Waals surface area contributed by atoms with Crippen molar-refractivity contribution < 1.29 is 102 Å².